The molecule has 376 valence electrons. The van der Waals surface area contributed by atoms with Gasteiger partial charge in [0.05, 0.1) is 37.6 Å². The van der Waals surface area contributed by atoms with Gasteiger partial charge < -0.3 is 50.4 Å². The van der Waals surface area contributed by atoms with E-state index >= 15 is 0 Å². The van der Waals surface area contributed by atoms with Gasteiger partial charge in [0.15, 0.2) is 11.9 Å². The number of aliphatic hydroxyl groups excluding tert-OH is 1. The molecule has 0 aromatic heterocycles. The van der Waals surface area contributed by atoms with Crippen molar-refractivity contribution in [1.82, 2.24) is 31.1 Å². The molecular weight excluding hydrogens is 865 g/mol. The molecule has 67 heavy (non-hydrogen) atoms. The van der Waals surface area contributed by atoms with Crippen LogP contribution in [0.1, 0.15) is 113 Å². The number of cyclic esters (lactones) is 2. The molecule has 11 atom stereocenters. The van der Waals surface area contributed by atoms with Crippen LogP contribution in [0.5, 0.6) is 5.75 Å². The molecule has 1 aromatic rings. The Morgan fingerprint density at radius 2 is 1.55 bits per heavy atom. The third-order valence-electron chi connectivity index (χ3n) is 12.9. The lowest BCUT2D eigenvalue weighted by molar-refractivity contribution is -0.163. The summed E-state index contributed by atoms with van der Waals surface area (Å²) in [5.41, 5.74) is 0.631. The van der Waals surface area contributed by atoms with Crippen molar-refractivity contribution >= 4 is 47.3 Å². The summed E-state index contributed by atoms with van der Waals surface area (Å²) in [6.45, 7) is 17.4. The summed E-state index contributed by atoms with van der Waals surface area (Å²) in [4.78, 5) is 116. The number of amides is 5. The van der Waals surface area contributed by atoms with Gasteiger partial charge in [-0.3, -0.25) is 33.6 Å². The van der Waals surface area contributed by atoms with Crippen molar-refractivity contribution < 1.29 is 57.7 Å². The molecule has 18 nitrogen and oxygen atoms in total. The molecule has 0 radical (unpaired) electrons. The summed E-state index contributed by atoms with van der Waals surface area (Å²) in [6.07, 6.45) is -3.30. The van der Waals surface area contributed by atoms with Gasteiger partial charge in [-0.1, -0.05) is 73.9 Å². The van der Waals surface area contributed by atoms with Gasteiger partial charge in [-0.15, -0.1) is 0 Å². The number of esters is 2. The molecule has 0 spiro atoms. The van der Waals surface area contributed by atoms with Crippen molar-refractivity contribution in [1.29, 1.82) is 0 Å². The first-order chi connectivity index (χ1) is 31.4. The number of ketones is 1. The molecule has 0 saturated carbocycles. The van der Waals surface area contributed by atoms with E-state index in [0.29, 0.717) is 30.6 Å². The van der Waals surface area contributed by atoms with E-state index in [1.165, 1.54) is 37.8 Å². The highest BCUT2D eigenvalue weighted by atomic mass is 16.6. The summed E-state index contributed by atoms with van der Waals surface area (Å²) < 4.78 is 17.1. The van der Waals surface area contributed by atoms with Crippen LogP contribution in [0.15, 0.2) is 24.3 Å². The van der Waals surface area contributed by atoms with Crippen molar-refractivity contribution in [2.75, 3.05) is 27.7 Å². The number of hydrogen-bond acceptors (Lipinski definition) is 13. The van der Waals surface area contributed by atoms with Crippen LogP contribution in [0.25, 0.3) is 0 Å². The molecule has 2 aliphatic heterocycles. The summed E-state index contributed by atoms with van der Waals surface area (Å²) >= 11 is 0. The van der Waals surface area contributed by atoms with E-state index < -0.39 is 126 Å². The average molecular weight is 943 g/mol. The van der Waals surface area contributed by atoms with E-state index in [2.05, 4.69) is 21.3 Å². The predicted molar refractivity (Wildman–Crippen MR) is 250 cm³/mol. The van der Waals surface area contributed by atoms with E-state index in [4.69, 9.17) is 14.2 Å². The van der Waals surface area contributed by atoms with Crippen LogP contribution in [0.2, 0.25) is 0 Å². The molecule has 2 fully saturated rings. The Bertz CT molecular complexity index is 1870. The van der Waals surface area contributed by atoms with Gasteiger partial charge >= 0.3 is 11.9 Å². The zero-order valence-corrected chi connectivity index (χ0v) is 41.9. The Kier molecular flexibility index (Phi) is 21.7. The van der Waals surface area contributed by atoms with E-state index in [1.54, 1.807) is 52.1 Å². The number of rotatable bonds is 13. The maximum Gasteiger partial charge on any atom is 0.329 e. The largest absolute Gasteiger partial charge is 0.497 e. The lowest BCUT2D eigenvalue weighted by Gasteiger charge is -2.35. The van der Waals surface area contributed by atoms with Crippen molar-refractivity contribution in [3.63, 3.8) is 0 Å². The normalized spacial score (nSPS) is 27.8. The number of nitrogens with one attached hydrogen (secondary N) is 4. The summed E-state index contributed by atoms with van der Waals surface area (Å²) in [5.74, 6) is -7.71. The highest BCUT2D eigenvalue weighted by Crippen LogP contribution is 2.26. The number of carbonyl (C=O) groups excluding carboxylic acids is 8. The highest BCUT2D eigenvalue weighted by Gasteiger charge is 2.44. The van der Waals surface area contributed by atoms with Crippen LogP contribution >= 0.6 is 0 Å². The summed E-state index contributed by atoms with van der Waals surface area (Å²) in [5, 5.41) is 22.9. The predicted octanol–water partition coefficient (Wildman–Crippen LogP) is 2.71. The van der Waals surface area contributed by atoms with Crippen molar-refractivity contribution in [2.24, 2.45) is 29.6 Å². The van der Waals surface area contributed by atoms with Gasteiger partial charge in [0.2, 0.25) is 29.5 Å². The maximum absolute atomic E-state index is 14.7. The van der Waals surface area contributed by atoms with Gasteiger partial charge in [0.25, 0.3) is 0 Å². The first kappa shape index (κ1) is 56.2. The van der Waals surface area contributed by atoms with Crippen molar-refractivity contribution in [3.05, 3.63) is 29.8 Å². The van der Waals surface area contributed by atoms with E-state index in [9.17, 15) is 43.5 Å². The number of likely N-dealkylation sites (N-methyl/N-ethyl adjacent to an activating group) is 2. The van der Waals surface area contributed by atoms with Crippen molar-refractivity contribution in [2.45, 2.75) is 169 Å². The zero-order valence-electron chi connectivity index (χ0n) is 41.9. The monoisotopic (exact) mass is 943 g/mol. The topological polar surface area (TPSA) is 239 Å². The molecule has 3 rings (SSSR count). The molecule has 0 unspecified atom stereocenters. The van der Waals surface area contributed by atoms with Gasteiger partial charge in [-0.25, -0.2) is 4.79 Å². The molecule has 0 bridgehead atoms. The quantitative estimate of drug-likeness (QED) is 0.142. The number of fused-ring (bicyclic) bond motifs is 1. The molecule has 2 aliphatic rings. The average Bonchev–Trinajstić information content (AvgIpc) is 3.77. The van der Waals surface area contributed by atoms with Crippen LogP contribution in [0, 0.1) is 29.6 Å². The first-order valence-corrected chi connectivity index (χ1v) is 23.9. The Hall–Kier alpha value is -5.10. The van der Waals surface area contributed by atoms with E-state index in [1.807, 2.05) is 34.6 Å². The minimum atomic E-state index is -1.55. The fourth-order valence-electron chi connectivity index (χ4n) is 8.55. The Morgan fingerprint density at radius 1 is 0.910 bits per heavy atom. The minimum Gasteiger partial charge on any atom is -0.497 e. The van der Waals surface area contributed by atoms with Gasteiger partial charge in [0, 0.05) is 20.0 Å². The molecule has 0 aliphatic carbocycles. The number of hydrogen-bond donors (Lipinski definition) is 5. The van der Waals surface area contributed by atoms with Crippen molar-refractivity contribution in [3.8, 4) is 5.75 Å². The number of aliphatic hydroxyl groups is 1. The van der Waals surface area contributed by atoms with E-state index in [-0.39, 0.29) is 37.6 Å². The number of methoxy groups -OCH3 is 1. The van der Waals surface area contributed by atoms with Crippen LogP contribution in [-0.4, -0.2) is 144 Å². The number of benzene rings is 1. The van der Waals surface area contributed by atoms with Crippen LogP contribution in [-0.2, 0) is 54.3 Å². The van der Waals surface area contributed by atoms with E-state index in [0.717, 1.165) is 0 Å². The fourth-order valence-corrected chi connectivity index (χ4v) is 8.55. The van der Waals surface area contributed by atoms with Crippen LogP contribution in [0.3, 0.4) is 0 Å². The summed E-state index contributed by atoms with van der Waals surface area (Å²) in [7, 11) is 4.56. The third-order valence-corrected chi connectivity index (χ3v) is 12.9. The fraction of sp³-hybridized carbons (Fsp3) is 0.714. The lowest BCUT2D eigenvalue weighted by Crippen LogP contribution is -2.61. The Labute approximate surface area is 396 Å². The second-order valence-corrected chi connectivity index (χ2v) is 19.5. The molecule has 18 heteroatoms. The third kappa shape index (κ3) is 15.5. The molecule has 2 heterocycles. The molecule has 5 amide bonds. The smallest absolute Gasteiger partial charge is 0.329 e. The van der Waals surface area contributed by atoms with Crippen LogP contribution < -0.4 is 26.0 Å². The van der Waals surface area contributed by atoms with Gasteiger partial charge in [-0.05, 0) is 87.9 Å². The van der Waals surface area contributed by atoms with Crippen LogP contribution in [0.4, 0.5) is 0 Å². The zero-order chi connectivity index (χ0) is 50.4. The molecule has 2 saturated heterocycles. The lowest BCUT2D eigenvalue weighted by atomic mass is 9.91. The second-order valence-electron chi connectivity index (χ2n) is 19.5. The first-order valence-electron chi connectivity index (χ1n) is 23.9. The molecular formula is C49H78N6O12. The number of Topliss-reactive ketones (excluding diaryl/α,β-unsaturated/α-hetero) is 1. The Morgan fingerprint density at radius 3 is 2.10 bits per heavy atom. The standard InChI is InChI=1S/C49H78N6O12/c1-14-29(8)40-38(56)25-39(57)67-43(28(6)7)42(58)30(9)44(59)51-35(23-27(4)5)47(62)55-21-15-16-36(55)48(63)54(12)37(24-32-17-19-33(65-13)20-18-32)49(64)66-31(10)41(46(61)52-40)53-45(60)34(50-11)22-26(2)3/h17-20,26-31,34-38,40-41,43,50,56H,14-16,21-25H2,1-13H3,(H,51,59)(H,52,61)(H,53,60)/t29-,30-,31+,34-,35-,36-,37-,38-,40+,41-,43-/m0/s1. The maximum atomic E-state index is 14.7. The second kappa shape index (κ2) is 25.9. The highest BCUT2D eigenvalue weighted by molar-refractivity contribution is 6.05. The van der Waals surface area contributed by atoms with Gasteiger partial charge in [0.1, 0.15) is 36.0 Å². The molecule has 1 aromatic carbocycles. The Balaban J connectivity index is 2.23. The number of carbonyl (C=O) groups is 8. The SMILES string of the molecule is CC[C@H](C)[C@H]1NC(=O)[C@@H](NC(=O)[C@H](CC(C)C)NC)[C@@H](C)OC(=O)[C@H](Cc2ccc(OC)cc2)N(C)C(=O)[C@@H]2CCCN2C(=O)[C@H](CC(C)C)NC(=O)[C@@H](C)C(=O)[C@H](C(C)C)OC(=O)C[C@@H]1O. The van der Waals surface area contributed by atoms with Gasteiger partial charge in [-0.2, -0.15) is 0 Å². The minimum absolute atomic E-state index is 0.0500. The molecule has 5 N–H and O–H groups in total. The number of nitrogens with zero attached hydrogens (tertiary/aromatic N) is 2. The summed E-state index contributed by atoms with van der Waals surface area (Å²) in [6, 6.07) is 0.0322. The number of ether oxygens (including phenoxy) is 3.